The molecule has 5 heteroatoms. The minimum absolute atomic E-state index is 0.0201. The predicted octanol–water partition coefficient (Wildman–Crippen LogP) is 6.38. The maximum atomic E-state index is 12.6. The molecule has 1 amide bonds. The Morgan fingerprint density at radius 2 is 1.63 bits per heavy atom. The van der Waals surface area contributed by atoms with E-state index < -0.39 is 0 Å². The highest BCUT2D eigenvalue weighted by Crippen LogP contribution is 2.20. The number of nitrogens with one attached hydrogen (secondary N) is 1. The Kier molecular flexibility index (Phi) is 8.14. The Morgan fingerprint density at radius 3 is 2.45 bits per heavy atom. The summed E-state index contributed by atoms with van der Waals surface area (Å²) in [4.78, 5) is 17.5. The van der Waals surface area contributed by atoms with Gasteiger partial charge >= 0.3 is 0 Å². The topological polar surface area (TPSA) is 56.1 Å². The fourth-order valence-corrected chi connectivity index (χ4v) is 4.69. The summed E-state index contributed by atoms with van der Waals surface area (Å²) in [5.41, 5.74) is 6.61. The number of hydrogen-bond donors (Lipinski definition) is 1. The van der Waals surface area contributed by atoms with Crippen LogP contribution in [0, 0.1) is 6.92 Å². The first-order chi connectivity index (χ1) is 18.7. The van der Waals surface area contributed by atoms with Gasteiger partial charge in [0.15, 0.2) is 0 Å². The largest absolute Gasteiger partial charge is 0.494 e. The summed E-state index contributed by atoms with van der Waals surface area (Å²) in [6.45, 7) is 4.06. The van der Waals surface area contributed by atoms with Gasteiger partial charge in [-0.1, -0.05) is 78.9 Å². The third-order valence-electron chi connectivity index (χ3n) is 6.61. The van der Waals surface area contributed by atoms with Crippen LogP contribution in [-0.4, -0.2) is 28.6 Å². The molecule has 0 bridgehead atoms. The lowest BCUT2D eigenvalue weighted by molar-refractivity contribution is -0.120. The molecule has 0 aliphatic carbocycles. The molecule has 5 aromatic rings. The Balaban J connectivity index is 1.14. The van der Waals surface area contributed by atoms with Crippen molar-refractivity contribution in [2.24, 2.45) is 0 Å². The molecule has 0 spiro atoms. The summed E-state index contributed by atoms with van der Waals surface area (Å²) in [6.07, 6.45) is 1.90. The van der Waals surface area contributed by atoms with Crippen molar-refractivity contribution in [3.05, 3.63) is 120 Å². The van der Waals surface area contributed by atoms with Crippen LogP contribution in [0.15, 0.2) is 103 Å². The number of ether oxygens (including phenoxy) is 1. The van der Waals surface area contributed by atoms with Crippen LogP contribution in [0.3, 0.4) is 0 Å². The van der Waals surface area contributed by atoms with Crippen LogP contribution in [0.25, 0.3) is 22.2 Å². The van der Waals surface area contributed by atoms with Crippen LogP contribution in [-0.2, 0) is 24.2 Å². The molecule has 0 atom stereocenters. The Bertz CT molecular complexity index is 1490. The number of aryl methyl sites for hydroxylation is 2. The van der Waals surface area contributed by atoms with Crippen LogP contribution in [0.2, 0.25) is 0 Å². The smallest absolute Gasteiger partial charge is 0.224 e. The van der Waals surface area contributed by atoms with Gasteiger partial charge in [-0.2, -0.15) is 0 Å². The van der Waals surface area contributed by atoms with E-state index in [1.807, 2.05) is 60.7 Å². The monoisotopic (exact) mass is 503 g/mol. The SMILES string of the molecule is Cc1cccc(OCCCn2c(CCNC(=O)Cc3ccc(-c4ccccc4)cc3)nc3ccccc32)c1. The van der Waals surface area contributed by atoms with E-state index in [9.17, 15) is 4.79 Å². The van der Waals surface area contributed by atoms with E-state index in [1.165, 1.54) is 11.1 Å². The highest BCUT2D eigenvalue weighted by Gasteiger charge is 2.11. The molecule has 38 heavy (non-hydrogen) atoms. The number of imidazole rings is 1. The molecule has 5 nitrogen and oxygen atoms in total. The summed E-state index contributed by atoms with van der Waals surface area (Å²) in [7, 11) is 0. The van der Waals surface area contributed by atoms with Gasteiger partial charge in [0.25, 0.3) is 0 Å². The number of carbonyl (C=O) groups is 1. The summed E-state index contributed by atoms with van der Waals surface area (Å²) in [5.74, 6) is 1.90. The second-order valence-electron chi connectivity index (χ2n) is 9.53. The zero-order valence-corrected chi connectivity index (χ0v) is 21.8. The Labute approximate surface area is 224 Å². The molecule has 1 heterocycles. The van der Waals surface area contributed by atoms with E-state index in [-0.39, 0.29) is 5.91 Å². The van der Waals surface area contributed by atoms with Crippen molar-refractivity contribution in [2.75, 3.05) is 13.2 Å². The summed E-state index contributed by atoms with van der Waals surface area (Å²) in [6, 6.07) is 34.8. The first-order valence-corrected chi connectivity index (χ1v) is 13.2. The number of nitrogens with zero attached hydrogens (tertiary/aromatic N) is 2. The normalized spacial score (nSPS) is 11.0. The molecule has 0 aliphatic heterocycles. The number of hydrogen-bond acceptors (Lipinski definition) is 3. The van der Waals surface area contributed by atoms with Crippen molar-refractivity contribution >= 4 is 16.9 Å². The number of para-hydroxylation sites is 2. The third-order valence-corrected chi connectivity index (χ3v) is 6.61. The molecule has 0 saturated carbocycles. The fraction of sp³-hybridized carbons (Fsp3) is 0.212. The minimum Gasteiger partial charge on any atom is -0.494 e. The first kappa shape index (κ1) is 25.3. The molecule has 1 aromatic heterocycles. The fourth-order valence-electron chi connectivity index (χ4n) is 4.69. The maximum Gasteiger partial charge on any atom is 0.224 e. The van der Waals surface area contributed by atoms with Gasteiger partial charge in [-0.05, 0) is 59.9 Å². The molecule has 0 radical (unpaired) electrons. The third kappa shape index (κ3) is 6.48. The molecular formula is C33H33N3O2. The van der Waals surface area contributed by atoms with Gasteiger partial charge < -0.3 is 14.6 Å². The average molecular weight is 504 g/mol. The van der Waals surface area contributed by atoms with E-state index in [1.54, 1.807) is 0 Å². The number of rotatable bonds is 11. The van der Waals surface area contributed by atoms with E-state index in [0.717, 1.165) is 46.7 Å². The zero-order valence-electron chi connectivity index (χ0n) is 21.8. The number of benzene rings is 4. The van der Waals surface area contributed by atoms with Crippen LogP contribution in [0.4, 0.5) is 0 Å². The molecule has 0 fully saturated rings. The highest BCUT2D eigenvalue weighted by atomic mass is 16.5. The zero-order chi connectivity index (χ0) is 26.2. The van der Waals surface area contributed by atoms with E-state index in [2.05, 4.69) is 59.3 Å². The van der Waals surface area contributed by atoms with Gasteiger partial charge in [0, 0.05) is 19.5 Å². The maximum absolute atomic E-state index is 12.6. The number of aromatic nitrogens is 2. The van der Waals surface area contributed by atoms with Gasteiger partial charge in [0.1, 0.15) is 11.6 Å². The summed E-state index contributed by atoms with van der Waals surface area (Å²) in [5, 5.41) is 3.07. The van der Waals surface area contributed by atoms with Gasteiger partial charge in [-0.25, -0.2) is 4.98 Å². The van der Waals surface area contributed by atoms with Crippen molar-refractivity contribution in [1.29, 1.82) is 0 Å². The van der Waals surface area contributed by atoms with Gasteiger partial charge in [-0.15, -0.1) is 0 Å². The van der Waals surface area contributed by atoms with Crippen molar-refractivity contribution in [1.82, 2.24) is 14.9 Å². The van der Waals surface area contributed by atoms with Crippen LogP contribution in [0.1, 0.15) is 23.4 Å². The molecular weight excluding hydrogens is 470 g/mol. The molecule has 5 rings (SSSR count). The second-order valence-corrected chi connectivity index (χ2v) is 9.53. The predicted molar refractivity (Wildman–Crippen MR) is 153 cm³/mol. The molecule has 0 unspecified atom stereocenters. The second kappa shape index (κ2) is 12.2. The average Bonchev–Trinajstić information content (AvgIpc) is 3.29. The lowest BCUT2D eigenvalue weighted by Gasteiger charge is -2.11. The van der Waals surface area contributed by atoms with Crippen molar-refractivity contribution < 1.29 is 9.53 Å². The number of carbonyl (C=O) groups excluding carboxylic acids is 1. The molecule has 1 N–H and O–H groups in total. The molecule has 192 valence electrons. The Morgan fingerprint density at radius 1 is 0.868 bits per heavy atom. The van der Waals surface area contributed by atoms with Crippen LogP contribution >= 0.6 is 0 Å². The van der Waals surface area contributed by atoms with Crippen LogP contribution < -0.4 is 10.1 Å². The number of amides is 1. The van der Waals surface area contributed by atoms with Crippen molar-refractivity contribution in [3.63, 3.8) is 0 Å². The van der Waals surface area contributed by atoms with Gasteiger partial charge in [0.2, 0.25) is 5.91 Å². The molecule has 4 aromatic carbocycles. The molecule has 0 saturated heterocycles. The Hall–Kier alpha value is -4.38. The van der Waals surface area contributed by atoms with E-state index in [4.69, 9.17) is 9.72 Å². The van der Waals surface area contributed by atoms with Crippen LogP contribution in [0.5, 0.6) is 5.75 Å². The lowest BCUT2D eigenvalue weighted by atomic mass is 10.0. The minimum atomic E-state index is 0.0201. The quantitative estimate of drug-likeness (QED) is 0.213. The lowest BCUT2D eigenvalue weighted by Crippen LogP contribution is -2.28. The van der Waals surface area contributed by atoms with Crippen molar-refractivity contribution in [3.8, 4) is 16.9 Å². The van der Waals surface area contributed by atoms with E-state index in [0.29, 0.717) is 26.0 Å². The van der Waals surface area contributed by atoms with Gasteiger partial charge in [-0.3, -0.25) is 4.79 Å². The first-order valence-electron chi connectivity index (χ1n) is 13.2. The van der Waals surface area contributed by atoms with Crippen molar-refractivity contribution in [2.45, 2.75) is 32.7 Å². The standard InChI is InChI=1S/C33H33N3O2/c1-25-9-7-12-29(23-25)38-22-8-21-36-31-14-6-5-13-30(31)35-32(36)19-20-34-33(37)24-26-15-17-28(18-16-26)27-10-3-2-4-11-27/h2-7,9-18,23H,8,19-22,24H2,1H3,(H,34,37). The summed E-state index contributed by atoms with van der Waals surface area (Å²) < 4.78 is 8.20. The highest BCUT2D eigenvalue weighted by molar-refractivity contribution is 5.79. The van der Waals surface area contributed by atoms with Gasteiger partial charge in [0.05, 0.1) is 24.1 Å². The van der Waals surface area contributed by atoms with E-state index >= 15 is 0 Å². The summed E-state index contributed by atoms with van der Waals surface area (Å²) >= 11 is 0. The number of fused-ring (bicyclic) bond motifs is 1. The molecule has 0 aliphatic rings.